The Hall–Kier alpha value is -1.78. The van der Waals surface area contributed by atoms with E-state index in [4.69, 9.17) is 16.3 Å². The van der Waals surface area contributed by atoms with Crippen LogP contribution in [0.2, 0.25) is 31.0 Å². The van der Waals surface area contributed by atoms with Gasteiger partial charge in [-0.1, -0.05) is 19.6 Å². The van der Waals surface area contributed by atoms with E-state index in [0.29, 0.717) is 35.7 Å². The maximum atomic E-state index is 13.3. The SMILES string of the molecule is C=S(=O)(NS(=O)(=O)CC[Si](C)(C)C)c1ccc([N+](=O)[O-])cc1OCCCCNc1nc(Cl)ncc1Br. The largest absolute Gasteiger partial charge is 0.492 e. The van der Waals surface area contributed by atoms with Gasteiger partial charge in [-0.05, 0) is 58.4 Å². The van der Waals surface area contributed by atoms with Gasteiger partial charge in [-0.25, -0.2) is 17.6 Å². The topological polar surface area (TPSA) is 153 Å². The zero-order valence-electron chi connectivity index (χ0n) is 20.1. The van der Waals surface area contributed by atoms with Crippen LogP contribution in [0.5, 0.6) is 5.75 Å². The molecule has 0 saturated carbocycles. The van der Waals surface area contributed by atoms with Crippen molar-refractivity contribution in [2.24, 2.45) is 0 Å². The van der Waals surface area contributed by atoms with Crippen molar-refractivity contribution in [1.82, 2.24) is 14.1 Å². The number of nitro benzene ring substituents is 1. The van der Waals surface area contributed by atoms with Crippen LogP contribution in [-0.2, 0) is 19.7 Å². The smallest absolute Gasteiger partial charge is 0.273 e. The van der Waals surface area contributed by atoms with Crippen molar-refractivity contribution in [2.75, 3.05) is 24.2 Å². The lowest BCUT2D eigenvalue weighted by atomic mass is 10.3. The minimum Gasteiger partial charge on any atom is -0.492 e. The molecule has 1 aromatic heterocycles. The molecule has 1 heterocycles. The number of aromatic nitrogens is 2. The highest BCUT2D eigenvalue weighted by Crippen LogP contribution is 2.29. The Kier molecular flexibility index (Phi) is 10.7. The van der Waals surface area contributed by atoms with E-state index in [9.17, 15) is 22.7 Å². The lowest BCUT2D eigenvalue weighted by Gasteiger charge is -2.18. The van der Waals surface area contributed by atoms with Crippen molar-refractivity contribution in [2.45, 2.75) is 43.4 Å². The maximum Gasteiger partial charge on any atom is 0.273 e. The van der Waals surface area contributed by atoms with Crippen LogP contribution in [0.3, 0.4) is 0 Å². The molecule has 0 spiro atoms. The van der Waals surface area contributed by atoms with Crippen LogP contribution in [0.15, 0.2) is 33.8 Å². The molecule has 0 fully saturated rings. The summed E-state index contributed by atoms with van der Waals surface area (Å²) in [5, 5.41) is 14.5. The zero-order valence-corrected chi connectivity index (χ0v) is 25.1. The van der Waals surface area contributed by atoms with E-state index in [-0.39, 0.29) is 34.0 Å². The van der Waals surface area contributed by atoms with Gasteiger partial charge in [0.1, 0.15) is 11.6 Å². The highest BCUT2D eigenvalue weighted by Gasteiger charge is 2.25. The fourth-order valence-electron chi connectivity index (χ4n) is 2.81. The van der Waals surface area contributed by atoms with E-state index in [2.05, 4.69) is 41.2 Å². The second-order valence-electron chi connectivity index (χ2n) is 9.09. The Labute approximate surface area is 225 Å². The third-order valence-electron chi connectivity index (χ3n) is 4.71. The Bertz CT molecular complexity index is 1310. The molecule has 200 valence electrons. The number of nitro groups is 1. The molecule has 1 atom stereocenters. The average Bonchev–Trinajstić information content (AvgIpc) is 2.75. The fraction of sp³-hybridized carbons (Fsp3) is 0.450. The van der Waals surface area contributed by atoms with Crippen LogP contribution >= 0.6 is 27.5 Å². The summed E-state index contributed by atoms with van der Waals surface area (Å²) in [6, 6.07) is 3.95. The predicted molar refractivity (Wildman–Crippen MR) is 150 cm³/mol. The number of ether oxygens (including phenoxy) is 1. The summed E-state index contributed by atoms with van der Waals surface area (Å²) < 4.78 is 47.0. The summed E-state index contributed by atoms with van der Waals surface area (Å²) in [4.78, 5) is 18.5. The fourth-order valence-corrected chi connectivity index (χ4v) is 9.87. The molecule has 2 rings (SSSR count). The Morgan fingerprint density at radius 3 is 2.58 bits per heavy atom. The number of anilines is 1. The molecule has 0 saturated heterocycles. The first-order valence-electron chi connectivity index (χ1n) is 10.8. The van der Waals surface area contributed by atoms with Gasteiger partial charge in [0, 0.05) is 26.9 Å². The molecule has 16 heteroatoms. The minimum atomic E-state index is -3.90. The molecule has 0 bridgehead atoms. The van der Waals surface area contributed by atoms with Crippen molar-refractivity contribution < 1.29 is 22.3 Å². The number of non-ortho nitro benzene ring substituents is 1. The van der Waals surface area contributed by atoms with Gasteiger partial charge < -0.3 is 10.1 Å². The molecule has 0 amide bonds. The molecular formula is C20H29BrClN5O6S2Si. The monoisotopic (exact) mass is 641 g/mol. The van der Waals surface area contributed by atoms with Gasteiger partial charge in [-0.3, -0.25) is 10.1 Å². The number of nitrogens with zero attached hydrogens (tertiary/aromatic N) is 3. The summed E-state index contributed by atoms with van der Waals surface area (Å²) in [5.74, 6) is 3.87. The van der Waals surface area contributed by atoms with E-state index >= 15 is 0 Å². The number of rotatable bonds is 14. The number of benzene rings is 1. The first kappa shape index (κ1) is 30.4. The van der Waals surface area contributed by atoms with Crippen molar-refractivity contribution in [3.05, 3.63) is 44.3 Å². The summed E-state index contributed by atoms with van der Waals surface area (Å²) in [7, 11) is -9.13. The van der Waals surface area contributed by atoms with Crippen molar-refractivity contribution in [1.29, 1.82) is 0 Å². The van der Waals surface area contributed by atoms with Gasteiger partial charge in [0.15, 0.2) is 0 Å². The lowest BCUT2D eigenvalue weighted by Crippen LogP contribution is -2.35. The highest BCUT2D eigenvalue weighted by atomic mass is 79.9. The number of sulfonamides is 1. The van der Waals surface area contributed by atoms with E-state index in [1.807, 2.05) is 19.6 Å². The molecule has 1 aromatic carbocycles. The Balaban J connectivity index is 2.07. The second kappa shape index (κ2) is 12.6. The maximum absolute atomic E-state index is 13.3. The normalized spacial score (nSPS) is 13.7. The summed E-state index contributed by atoms with van der Waals surface area (Å²) in [6.07, 6.45) is 2.70. The van der Waals surface area contributed by atoms with Crippen LogP contribution in [0.4, 0.5) is 11.5 Å². The first-order valence-corrected chi connectivity index (χ1v) is 19.1. The molecule has 1 unspecified atom stereocenters. The molecule has 2 aromatic rings. The van der Waals surface area contributed by atoms with Gasteiger partial charge in [-0.15, -0.1) is 4.13 Å². The zero-order chi connectivity index (χ0) is 27.1. The Morgan fingerprint density at radius 1 is 1.25 bits per heavy atom. The predicted octanol–water partition coefficient (Wildman–Crippen LogP) is 4.32. The molecule has 0 aliphatic rings. The highest BCUT2D eigenvalue weighted by molar-refractivity contribution is 9.10. The van der Waals surface area contributed by atoms with E-state index < -0.39 is 32.7 Å². The van der Waals surface area contributed by atoms with Gasteiger partial charge in [0.25, 0.3) is 5.69 Å². The minimum absolute atomic E-state index is 0.0534. The number of nitrogens with one attached hydrogen (secondary N) is 2. The van der Waals surface area contributed by atoms with Crippen LogP contribution < -0.4 is 14.2 Å². The molecule has 0 aliphatic heterocycles. The van der Waals surface area contributed by atoms with Crippen LogP contribution in [-0.4, -0.2) is 60.4 Å². The number of hydrogen-bond acceptors (Lipinski definition) is 9. The second-order valence-corrected chi connectivity index (χ2v) is 20.0. The third kappa shape index (κ3) is 9.93. The van der Waals surface area contributed by atoms with Gasteiger partial charge >= 0.3 is 0 Å². The van der Waals surface area contributed by atoms with Gasteiger partial charge in [-0.2, -0.15) is 4.98 Å². The Morgan fingerprint density at radius 2 is 1.94 bits per heavy atom. The molecule has 11 nitrogen and oxygen atoms in total. The summed E-state index contributed by atoms with van der Waals surface area (Å²) in [6.45, 7) is 6.76. The number of unbranched alkanes of at least 4 members (excludes halogenated alkanes) is 1. The van der Waals surface area contributed by atoms with Crippen molar-refractivity contribution >= 4 is 72.7 Å². The summed E-state index contributed by atoms with van der Waals surface area (Å²) >= 11 is 9.11. The van der Waals surface area contributed by atoms with Crippen LogP contribution in [0, 0.1) is 10.1 Å². The molecule has 0 radical (unpaired) electrons. The third-order valence-corrected chi connectivity index (χ3v) is 11.5. The molecular weight excluding hydrogens is 614 g/mol. The van der Waals surface area contributed by atoms with E-state index in [1.54, 1.807) is 0 Å². The first-order chi connectivity index (χ1) is 16.6. The van der Waals surface area contributed by atoms with Crippen LogP contribution in [0.25, 0.3) is 0 Å². The quantitative estimate of drug-likeness (QED) is 0.0766. The van der Waals surface area contributed by atoms with Crippen molar-refractivity contribution in [3.63, 3.8) is 0 Å². The molecule has 36 heavy (non-hydrogen) atoms. The van der Waals surface area contributed by atoms with E-state index in [0.717, 1.165) is 12.1 Å². The van der Waals surface area contributed by atoms with Crippen molar-refractivity contribution in [3.8, 4) is 5.75 Å². The van der Waals surface area contributed by atoms with Crippen LogP contribution in [0.1, 0.15) is 12.8 Å². The molecule has 0 aliphatic carbocycles. The number of hydrogen-bond donors (Lipinski definition) is 2. The lowest BCUT2D eigenvalue weighted by molar-refractivity contribution is -0.385. The van der Waals surface area contributed by atoms with E-state index in [1.165, 1.54) is 12.3 Å². The summed E-state index contributed by atoms with van der Waals surface area (Å²) in [5.41, 5.74) is -0.280. The standard InChI is InChI=1S/C20H29BrClN5O6S2Si/c1-34(30,26-35(31,32)11-12-36(2,3)4)18-8-7-15(27(28)29)13-17(18)33-10-6-5-9-23-19-16(21)14-24-20(22)25-19/h7-8,13-14H,1,5-6,9-12H2,2-4H3,(H,26,30)(H,23,24,25). The number of halogens is 2. The average molecular weight is 643 g/mol. The van der Waals surface area contributed by atoms with Gasteiger partial charge in [0.2, 0.25) is 15.3 Å². The molecule has 2 N–H and O–H groups in total. The van der Waals surface area contributed by atoms with Gasteiger partial charge in [0.05, 0.1) is 42.4 Å².